The summed E-state index contributed by atoms with van der Waals surface area (Å²) in [5.41, 5.74) is 6.94. The number of anilines is 1. The number of aliphatic hydroxyl groups excluding tert-OH is 2. The van der Waals surface area contributed by atoms with Crippen LogP contribution in [-0.2, 0) is 4.74 Å². The van der Waals surface area contributed by atoms with Gasteiger partial charge < -0.3 is 20.7 Å². The Morgan fingerprint density at radius 1 is 1.32 bits per heavy atom. The quantitative estimate of drug-likeness (QED) is 0.634. The number of hydrogen-bond acceptors (Lipinski definition) is 8. The first-order valence-corrected chi connectivity index (χ1v) is 13.1. The van der Waals surface area contributed by atoms with E-state index < -0.39 is 26.5 Å². The number of imidazole rings is 1. The summed E-state index contributed by atoms with van der Waals surface area (Å²) in [6.45, 7) is 6.75. The highest BCUT2D eigenvalue weighted by atomic mass is 32.2. The summed E-state index contributed by atoms with van der Waals surface area (Å²) in [6, 6.07) is 1.15. The molecule has 25 heavy (non-hydrogen) atoms. The van der Waals surface area contributed by atoms with Crippen LogP contribution in [0, 0.1) is 0 Å². The van der Waals surface area contributed by atoms with E-state index in [0.717, 1.165) is 11.8 Å². The van der Waals surface area contributed by atoms with Crippen molar-refractivity contribution in [3.63, 3.8) is 0 Å². The summed E-state index contributed by atoms with van der Waals surface area (Å²) in [5.74, 6) is 1.25. The van der Waals surface area contributed by atoms with Gasteiger partial charge in [0.25, 0.3) is 0 Å². The molecular formula is C15H25N5O3SSi. The molecular weight excluding hydrogens is 358 g/mol. The van der Waals surface area contributed by atoms with Crippen LogP contribution in [0.1, 0.15) is 6.23 Å². The van der Waals surface area contributed by atoms with Crippen molar-refractivity contribution in [2.24, 2.45) is 0 Å². The van der Waals surface area contributed by atoms with Gasteiger partial charge in [0.15, 0.2) is 17.7 Å². The molecule has 0 radical (unpaired) electrons. The van der Waals surface area contributed by atoms with Crippen LogP contribution in [0.3, 0.4) is 0 Å². The minimum atomic E-state index is -1.16. The summed E-state index contributed by atoms with van der Waals surface area (Å²) < 4.78 is 7.70. The lowest BCUT2D eigenvalue weighted by molar-refractivity contribution is -0.0430. The number of nitrogens with zero attached hydrogens (tertiary/aromatic N) is 4. The molecule has 0 aliphatic carbocycles. The van der Waals surface area contributed by atoms with Gasteiger partial charge in [-0.05, 0) is 11.8 Å². The Bertz CT molecular complexity index is 738. The van der Waals surface area contributed by atoms with Crippen LogP contribution in [0.25, 0.3) is 11.2 Å². The van der Waals surface area contributed by atoms with Gasteiger partial charge in [-0.1, -0.05) is 19.6 Å². The third-order valence-electron chi connectivity index (χ3n) is 4.32. The van der Waals surface area contributed by atoms with Crippen molar-refractivity contribution in [1.29, 1.82) is 0 Å². The van der Waals surface area contributed by atoms with Crippen LogP contribution in [0.2, 0.25) is 25.7 Å². The second kappa shape index (κ2) is 7.20. The van der Waals surface area contributed by atoms with E-state index in [2.05, 4.69) is 34.6 Å². The van der Waals surface area contributed by atoms with Crippen LogP contribution >= 0.6 is 11.8 Å². The molecule has 0 amide bonds. The highest BCUT2D eigenvalue weighted by Crippen LogP contribution is 2.39. The number of fused-ring (bicyclic) bond motifs is 1. The maximum Gasteiger partial charge on any atom is 0.167 e. The van der Waals surface area contributed by atoms with E-state index >= 15 is 0 Å². The molecule has 0 saturated carbocycles. The summed E-state index contributed by atoms with van der Waals surface area (Å²) >= 11 is 1.68. The molecule has 3 heterocycles. The van der Waals surface area contributed by atoms with Crippen LogP contribution in [0.5, 0.6) is 0 Å². The standard InChI is InChI=1S/C15H25N5O3SSi/c1-25(2,3)5-4-24-12-11(22)9(6-21)23-15(12)20-8-19-10-13(16)17-7-18-14(10)20/h7-9,11-12,15,21-22H,4-6H2,1-3H3,(H2,16,17,18)/t9-,11-,12+,15-/m1/s1. The van der Waals surface area contributed by atoms with E-state index in [0.29, 0.717) is 17.0 Å². The van der Waals surface area contributed by atoms with E-state index in [1.807, 2.05) is 0 Å². The van der Waals surface area contributed by atoms with Gasteiger partial charge in [0, 0.05) is 8.07 Å². The lowest BCUT2D eigenvalue weighted by Gasteiger charge is -2.23. The Morgan fingerprint density at radius 2 is 2.08 bits per heavy atom. The maximum atomic E-state index is 10.6. The largest absolute Gasteiger partial charge is 0.394 e. The third-order valence-corrected chi connectivity index (χ3v) is 7.77. The smallest absolute Gasteiger partial charge is 0.167 e. The van der Waals surface area contributed by atoms with E-state index in [-0.39, 0.29) is 11.9 Å². The Hall–Kier alpha value is -1.20. The van der Waals surface area contributed by atoms with Crippen molar-refractivity contribution in [2.45, 2.75) is 49.4 Å². The maximum absolute atomic E-state index is 10.6. The zero-order chi connectivity index (χ0) is 18.2. The zero-order valence-corrected chi connectivity index (χ0v) is 16.5. The zero-order valence-electron chi connectivity index (χ0n) is 14.7. The molecule has 1 aliphatic heterocycles. The van der Waals surface area contributed by atoms with Gasteiger partial charge in [0.1, 0.15) is 17.9 Å². The lowest BCUT2D eigenvalue weighted by atomic mass is 10.2. The summed E-state index contributed by atoms with van der Waals surface area (Å²) in [6.07, 6.45) is 1.17. The number of thioether (sulfide) groups is 1. The molecule has 0 bridgehead atoms. The first kappa shape index (κ1) is 18.6. The fourth-order valence-electron chi connectivity index (χ4n) is 2.83. The number of nitrogens with two attached hydrogens (primary N) is 1. The Kier molecular flexibility index (Phi) is 5.35. The number of aromatic nitrogens is 4. The lowest BCUT2D eigenvalue weighted by Crippen LogP contribution is -2.32. The van der Waals surface area contributed by atoms with Gasteiger partial charge in [-0.15, -0.1) is 0 Å². The minimum Gasteiger partial charge on any atom is -0.394 e. The highest BCUT2D eigenvalue weighted by Gasteiger charge is 2.45. The predicted molar refractivity (Wildman–Crippen MR) is 101 cm³/mol. The minimum absolute atomic E-state index is 0.206. The number of aliphatic hydroxyl groups is 2. The third kappa shape index (κ3) is 3.82. The van der Waals surface area contributed by atoms with Gasteiger partial charge >= 0.3 is 0 Å². The van der Waals surface area contributed by atoms with Crippen LogP contribution < -0.4 is 5.73 Å². The molecule has 8 nitrogen and oxygen atoms in total. The molecule has 0 unspecified atom stereocenters. The summed E-state index contributed by atoms with van der Waals surface area (Å²) in [7, 11) is -1.16. The van der Waals surface area contributed by atoms with Crippen molar-refractivity contribution >= 4 is 36.8 Å². The summed E-state index contributed by atoms with van der Waals surface area (Å²) in [5, 5.41) is 19.9. The van der Waals surface area contributed by atoms with E-state index in [1.54, 1.807) is 22.7 Å². The van der Waals surface area contributed by atoms with Crippen molar-refractivity contribution in [2.75, 3.05) is 18.1 Å². The van der Waals surface area contributed by atoms with Crippen LogP contribution in [-0.4, -0.2) is 67.6 Å². The van der Waals surface area contributed by atoms with Gasteiger partial charge in [-0.2, -0.15) is 11.8 Å². The van der Waals surface area contributed by atoms with Crippen molar-refractivity contribution in [3.8, 4) is 0 Å². The molecule has 0 spiro atoms. The molecule has 0 aromatic carbocycles. The average molecular weight is 384 g/mol. The van der Waals surface area contributed by atoms with Crippen molar-refractivity contribution in [3.05, 3.63) is 12.7 Å². The number of nitrogen functional groups attached to an aromatic ring is 1. The topological polar surface area (TPSA) is 119 Å². The Labute approximate surface area is 151 Å². The van der Waals surface area contributed by atoms with Gasteiger partial charge in [-0.25, -0.2) is 15.0 Å². The molecule has 4 N–H and O–H groups in total. The molecule has 10 heteroatoms. The first-order chi connectivity index (χ1) is 11.8. The monoisotopic (exact) mass is 383 g/mol. The van der Waals surface area contributed by atoms with E-state index in [9.17, 15) is 10.2 Å². The van der Waals surface area contributed by atoms with Gasteiger partial charge in [-0.3, -0.25) is 4.57 Å². The number of hydrogen-bond donors (Lipinski definition) is 3. The molecule has 2 aromatic rings. The first-order valence-electron chi connectivity index (χ1n) is 8.31. The second-order valence-electron chi connectivity index (χ2n) is 7.47. The predicted octanol–water partition coefficient (Wildman–Crippen LogP) is 1.10. The average Bonchev–Trinajstić information content (AvgIpc) is 3.09. The molecule has 1 saturated heterocycles. The van der Waals surface area contributed by atoms with Crippen molar-refractivity contribution in [1.82, 2.24) is 19.5 Å². The molecule has 1 aliphatic rings. The van der Waals surface area contributed by atoms with E-state index in [4.69, 9.17) is 10.5 Å². The molecule has 4 atom stereocenters. The normalized spacial score (nSPS) is 27.2. The second-order valence-corrected chi connectivity index (χ2v) is 14.4. The van der Waals surface area contributed by atoms with E-state index in [1.165, 1.54) is 6.33 Å². The number of ether oxygens (including phenoxy) is 1. The van der Waals surface area contributed by atoms with Crippen LogP contribution in [0.15, 0.2) is 12.7 Å². The van der Waals surface area contributed by atoms with Crippen LogP contribution in [0.4, 0.5) is 5.82 Å². The Balaban J connectivity index is 1.87. The summed E-state index contributed by atoms with van der Waals surface area (Å²) in [4.78, 5) is 12.5. The van der Waals surface area contributed by atoms with Gasteiger partial charge in [0.05, 0.1) is 24.3 Å². The molecule has 1 fully saturated rings. The molecule has 2 aromatic heterocycles. The molecule has 3 rings (SSSR count). The SMILES string of the molecule is C[Si](C)(C)CCS[C@H]1[C@H](O)[C@@H](CO)O[C@H]1n1cnc2c(N)ncnc21. The fraction of sp³-hybridized carbons (Fsp3) is 0.667. The highest BCUT2D eigenvalue weighted by molar-refractivity contribution is 8.00. The number of rotatable bonds is 6. The fourth-order valence-corrected chi connectivity index (χ4v) is 6.76. The van der Waals surface area contributed by atoms with Gasteiger partial charge in [0.2, 0.25) is 0 Å². The Morgan fingerprint density at radius 3 is 2.76 bits per heavy atom. The van der Waals surface area contributed by atoms with Crippen molar-refractivity contribution < 1.29 is 14.9 Å². The molecule has 138 valence electrons.